The summed E-state index contributed by atoms with van der Waals surface area (Å²) in [5.41, 5.74) is 0. The maximum absolute atomic E-state index is 10.9. The van der Waals surface area contributed by atoms with Crippen LogP contribution in [0.1, 0.15) is 0 Å². The zero-order chi connectivity index (χ0) is 13.4. The van der Waals surface area contributed by atoms with Crippen molar-refractivity contribution in [3.63, 3.8) is 0 Å². The molecule has 0 saturated heterocycles. The molecule has 2 aromatic heterocycles. The molecule has 0 aliphatic carbocycles. The Kier molecular flexibility index (Phi) is 4.81. The Labute approximate surface area is 103 Å². The van der Waals surface area contributed by atoms with Crippen LogP contribution in [0, 0.1) is 0 Å². The topological polar surface area (TPSA) is 118 Å². The molecule has 96 valence electrons. The molecule has 0 aliphatic rings. The van der Waals surface area contributed by atoms with E-state index in [2.05, 4.69) is 10.1 Å². The van der Waals surface area contributed by atoms with E-state index >= 15 is 0 Å². The Morgan fingerprint density at radius 2 is 1.89 bits per heavy atom. The second kappa shape index (κ2) is 6.35. The maximum atomic E-state index is 10.9. The zero-order valence-corrected chi connectivity index (χ0v) is 9.87. The summed E-state index contributed by atoms with van der Waals surface area (Å²) < 4.78 is 23.4. The van der Waals surface area contributed by atoms with E-state index in [1.165, 1.54) is 17.0 Å². The van der Waals surface area contributed by atoms with Crippen LogP contribution in [0.15, 0.2) is 49.1 Å². The molecule has 2 rings (SSSR count). The van der Waals surface area contributed by atoms with Gasteiger partial charge in [0.05, 0.1) is 6.20 Å². The van der Waals surface area contributed by atoms with E-state index in [9.17, 15) is 18.3 Å². The molecule has 0 bridgehead atoms. The molecule has 0 spiro atoms. The molecule has 9 heteroatoms. The van der Waals surface area contributed by atoms with Crippen LogP contribution in [0.2, 0.25) is 0 Å². The number of aromatic nitrogens is 3. The number of H-pyrrole nitrogens is 1. The number of hydrogen-bond donors (Lipinski definition) is 1. The van der Waals surface area contributed by atoms with Crippen molar-refractivity contribution in [2.24, 2.45) is 0 Å². The second-order valence-corrected chi connectivity index (χ2v) is 4.38. The summed E-state index contributed by atoms with van der Waals surface area (Å²) in [6, 6.07) is 7.20. The first-order chi connectivity index (χ1) is 8.52. The second-order valence-electron chi connectivity index (χ2n) is 2.85. The highest BCUT2D eigenvalue weighted by Crippen LogP contribution is 1.89. The van der Waals surface area contributed by atoms with E-state index in [1.807, 2.05) is 30.6 Å². The van der Waals surface area contributed by atoms with Crippen molar-refractivity contribution in [3.8, 4) is 0 Å². The summed E-state index contributed by atoms with van der Waals surface area (Å²) in [4.78, 5) is 12.8. The quantitative estimate of drug-likeness (QED) is 0.705. The zero-order valence-electron chi connectivity index (χ0n) is 9.05. The number of nitrogens with one attached hydrogen (secondary N) is 2. The molecule has 2 heterocycles. The third-order valence-electron chi connectivity index (χ3n) is 1.55. The Bertz CT molecular complexity index is 541. The average Bonchev–Trinajstić information content (AvgIpc) is 2.84. The van der Waals surface area contributed by atoms with Crippen molar-refractivity contribution in [1.82, 2.24) is 13.9 Å². The minimum Gasteiger partial charge on any atom is -0.529 e. The van der Waals surface area contributed by atoms with Gasteiger partial charge in [-0.25, -0.2) is 4.98 Å². The van der Waals surface area contributed by atoms with Crippen LogP contribution >= 0.6 is 0 Å². The van der Waals surface area contributed by atoms with Crippen molar-refractivity contribution in [2.75, 3.05) is 0 Å². The third kappa shape index (κ3) is 4.61. The summed E-state index contributed by atoms with van der Waals surface area (Å²) in [6.45, 7) is 0. The molecular weight excluding hydrogens is 260 g/mol. The van der Waals surface area contributed by atoms with Crippen molar-refractivity contribution in [2.45, 2.75) is 0 Å². The van der Waals surface area contributed by atoms with Gasteiger partial charge in [-0.1, -0.05) is 6.07 Å². The van der Waals surface area contributed by atoms with Crippen molar-refractivity contribution in [1.29, 1.82) is 0 Å². The summed E-state index contributed by atoms with van der Waals surface area (Å²) in [5, 5.41) is 13.2. The van der Waals surface area contributed by atoms with Gasteiger partial charge in [-0.2, -0.15) is 13.5 Å². The summed E-state index contributed by atoms with van der Waals surface area (Å²) in [6.07, 6.45) is 4.14. The predicted octanol–water partition coefficient (Wildman–Crippen LogP) is -1.59. The number of amides is 1. The van der Waals surface area contributed by atoms with Crippen molar-refractivity contribution in [3.05, 3.63) is 49.1 Å². The Morgan fingerprint density at radius 3 is 2.22 bits per heavy atom. The highest BCUT2D eigenvalue weighted by atomic mass is 32.2. The lowest BCUT2D eigenvalue weighted by Crippen LogP contribution is -2.43. The van der Waals surface area contributed by atoms with Crippen LogP contribution in [-0.2, 0) is 10.2 Å². The van der Waals surface area contributed by atoms with E-state index in [-0.39, 0.29) is 0 Å². The molecular formula is C9H10N4O4S. The lowest BCUT2D eigenvalue weighted by atomic mass is 10.5. The smallest absolute Gasteiger partial charge is 0.343 e. The monoisotopic (exact) mass is 270 g/mol. The number of carbonyl (C=O) groups excluding carboxylic acids is 1. The predicted molar refractivity (Wildman–Crippen MR) is 58.1 cm³/mol. The highest BCUT2D eigenvalue weighted by molar-refractivity contribution is 7.88. The number of pyridine rings is 1. The normalized spacial score (nSPS) is 10.0. The van der Waals surface area contributed by atoms with E-state index < -0.39 is 16.3 Å². The summed E-state index contributed by atoms with van der Waals surface area (Å²) >= 11 is 0. The molecule has 0 aliphatic heterocycles. The third-order valence-corrected chi connectivity index (χ3v) is 2.68. The van der Waals surface area contributed by atoms with Crippen molar-refractivity contribution < 1.29 is 23.3 Å². The number of carboxylic acid groups (broad SMARTS) is 1. The van der Waals surface area contributed by atoms with Crippen LogP contribution in [-0.4, -0.2) is 23.7 Å². The number of carbonyl (C=O) groups is 1. The first kappa shape index (κ1) is 13.6. The van der Waals surface area contributed by atoms with Crippen LogP contribution in [0.4, 0.5) is 4.79 Å². The van der Waals surface area contributed by atoms with Crippen LogP contribution in [0.5, 0.6) is 0 Å². The van der Waals surface area contributed by atoms with Gasteiger partial charge in [0.15, 0.2) is 12.4 Å². The van der Waals surface area contributed by atoms with Crippen LogP contribution in [0.3, 0.4) is 0 Å². The maximum Gasteiger partial charge on any atom is 0.343 e. The van der Waals surface area contributed by atoms with E-state index in [0.29, 0.717) is 4.09 Å². The SMILES string of the molecule is O=C([O-])NS(=O)(=O)n1cccn1.c1cc[nH+]cc1. The first-order valence-corrected chi connectivity index (χ1v) is 6.11. The largest absolute Gasteiger partial charge is 0.529 e. The lowest BCUT2D eigenvalue weighted by molar-refractivity contribution is -0.377. The van der Waals surface area contributed by atoms with Gasteiger partial charge >= 0.3 is 10.2 Å². The molecule has 18 heavy (non-hydrogen) atoms. The minimum absolute atomic E-state index is 0.475. The number of nitrogens with zero attached hydrogens (tertiary/aromatic N) is 2. The fourth-order valence-electron chi connectivity index (χ4n) is 0.891. The number of aromatic amines is 1. The molecule has 0 saturated carbocycles. The van der Waals surface area contributed by atoms with Gasteiger partial charge < -0.3 is 9.90 Å². The van der Waals surface area contributed by atoms with Gasteiger partial charge in [-0.15, -0.1) is 4.09 Å². The van der Waals surface area contributed by atoms with Gasteiger partial charge in [0, 0.05) is 18.3 Å². The fourth-order valence-corrected chi connectivity index (χ4v) is 1.60. The molecule has 8 nitrogen and oxygen atoms in total. The highest BCUT2D eigenvalue weighted by Gasteiger charge is 2.10. The summed E-state index contributed by atoms with van der Waals surface area (Å²) in [5.74, 6) is 0. The average molecular weight is 270 g/mol. The molecule has 0 atom stereocenters. The van der Waals surface area contributed by atoms with E-state index in [1.54, 1.807) is 0 Å². The standard InChI is InChI=1S/C5H5N.C4H5N3O4S/c1-2-4-6-5-3-1;8-4(9)6-12(10,11)7-3-1-2-5-7/h1-5H;1-3,6H,(H,8,9). The van der Waals surface area contributed by atoms with Crippen molar-refractivity contribution >= 4 is 16.3 Å². The Balaban J connectivity index is 0.000000225. The van der Waals surface area contributed by atoms with Gasteiger partial charge in [-0.3, -0.25) is 4.72 Å². The molecule has 0 radical (unpaired) electrons. The molecule has 0 fully saturated rings. The molecule has 0 unspecified atom stereocenters. The van der Waals surface area contributed by atoms with Gasteiger partial charge in [-0.05, 0) is 6.07 Å². The molecule has 1 amide bonds. The molecule has 2 aromatic rings. The number of hydrogen-bond acceptors (Lipinski definition) is 5. The fraction of sp³-hybridized carbons (Fsp3) is 0. The molecule has 0 aromatic carbocycles. The van der Waals surface area contributed by atoms with Crippen LogP contribution in [0.25, 0.3) is 0 Å². The number of rotatable bonds is 2. The van der Waals surface area contributed by atoms with Gasteiger partial charge in [0.25, 0.3) is 0 Å². The lowest BCUT2D eigenvalue weighted by Gasteiger charge is -2.06. The van der Waals surface area contributed by atoms with Gasteiger partial charge in [0.2, 0.25) is 0 Å². The first-order valence-electron chi connectivity index (χ1n) is 4.67. The van der Waals surface area contributed by atoms with Crippen LogP contribution < -0.4 is 14.8 Å². The van der Waals surface area contributed by atoms with E-state index in [0.717, 1.165) is 6.20 Å². The van der Waals surface area contributed by atoms with E-state index in [4.69, 9.17) is 0 Å². The minimum atomic E-state index is -4.12. The molecule has 2 N–H and O–H groups in total. The van der Waals surface area contributed by atoms with Gasteiger partial charge in [0.1, 0.15) is 6.09 Å². The Hall–Kier alpha value is -2.42. The summed E-state index contributed by atoms with van der Waals surface area (Å²) in [7, 11) is -4.12. The Morgan fingerprint density at radius 1 is 1.22 bits per heavy atom.